The average Bonchev–Trinajstić information content (AvgIpc) is 2.73. The average molecular weight is 219 g/mol. The molecule has 0 amide bonds. The Morgan fingerprint density at radius 1 is 1.38 bits per heavy atom. The molecule has 3 N–H and O–H groups in total. The molecule has 0 radical (unpaired) electrons. The van der Waals surface area contributed by atoms with Crippen LogP contribution in [-0.2, 0) is 5.41 Å². The molecule has 0 bridgehead atoms. The predicted molar refractivity (Wildman–Crippen MR) is 64.5 cm³/mol. The zero-order valence-corrected chi connectivity index (χ0v) is 10.1. The zero-order valence-electron chi connectivity index (χ0n) is 10.1. The standard InChI is InChI=1S/C13H21N3/c1-9-11(10-4-2-3-5-10)16-12(15-9)13(8-14)6-7-13/h10H,2-8,14H2,1H3,(H,15,16). The summed E-state index contributed by atoms with van der Waals surface area (Å²) >= 11 is 0. The van der Waals surface area contributed by atoms with Gasteiger partial charge in [0, 0.05) is 23.6 Å². The lowest BCUT2D eigenvalue weighted by Gasteiger charge is -2.08. The van der Waals surface area contributed by atoms with E-state index in [-0.39, 0.29) is 5.41 Å². The van der Waals surface area contributed by atoms with E-state index in [0.717, 1.165) is 12.4 Å². The zero-order chi connectivity index (χ0) is 11.2. The number of nitrogens with one attached hydrogen (secondary N) is 1. The molecule has 2 fully saturated rings. The van der Waals surface area contributed by atoms with Gasteiger partial charge in [-0.3, -0.25) is 0 Å². The van der Waals surface area contributed by atoms with E-state index >= 15 is 0 Å². The maximum atomic E-state index is 5.85. The molecule has 0 aliphatic heterocycles. The van der Waals surface area contributed by atoms with Gasteiger partial charge in [-0.15, -0.1) is 0 Å². The molecular formula is C13H21N3. The van der Waals surface area contributed by atoms with Gasteiger partial charge in [0.05, 0.1) is 5.69 Å². The molecule has 2 aliphatic carbocycles. The molecule has 16 heavy (non-hydrogen) atoms. The molecule has 3 rings (SSSR count). The summed E-state index contributed by atoms with van der Waals surface area (Å²) in [7, 11) is 0. The molecule has 0 aromatic carbocycles. The Labute approximate surface area is 96.8 Å². The fraction of sp³-hybridized carbons (Fsp3) is 0.769. The second kappa shape index (κ2) is 3.59. The van der Waals surface area contributed by atoms with Crippen LogP contribution in [0.1, 0.15) is 61.7 Å². The van der Waals surface area contributed by atoms with Crippen LogP contribution in [0.3, 0.4) is 0 Å². The molecule has 1 aromatic heterocycles. The highest BCUT2D eigenvalue weighted by Crippen LogP contribution is 2.47. The van der Waals surface area contributed by atoms with Crippen molar-refractivity contribution < 1.29 is 0 Å². The van der Waals surface area contributed by atoms with Gasteiger partial charge in [-0.25, -0.2) is 4.98 Å². The summed E-state index contributed by atoms with van der Waals surface area (Å²) in [5.41, 5.74) is 8.67. The molecule has 0 unspecified atom stereocenters. The van der Waals surface area contributed by atoms with Gasteiger partial charge >= 0.3 is 0 Å². The first-order valence-corrected chi connectivity index (χ1v) is 6.52. The number of rotatable bonds is 3. The van der Waals surface area contributed by atoms with E-state index in [4.69, 9.17) is 10.7 Å². The van der Waals surface area contributed by atoms with Gasteiger partial charge in [0.15, 0.2) is 0 Å². The first kappa shape index (κ1) is 10.3. The van der Waals surface area contributed by atoms with Gasteiger partial charge < -0.3 is 10.7 Å². The van der Waals surface area contributed by atoms with Crippen LogP contribution in [0, 0.1) is 6.92 Å². The molecule has 0 atom stereocenters. The molecule has 2 saturated carbocycles. The summed E-state index contributed by atoms with van der Waals surface area (Å²) in [5.74, 6) is 1.87. The van der Waals surface area contributed by atoms with E-state index in [1.165, 1.54) is 49.9 Å². The van der Waals surface area contributed by atoms with Crippen molar-refractivity contribution in [3.05, 3.63) is 17.2 Å². The van der Waals surface area contributed by atoms with Crippen LogP contribution in [0.2, 0.25) is 0 Å². The summed E-state index contributed by atoms with van der Waals surface area (Å²) in [6, 6.07) is 0. The van der Waals surface area contributed by atoms with Crippen LogP contribution in [0.15, 0.2) is 0 Å². The van der Waals surface area contributed by atoms with E-state index in [2.05, 4.69) is 11.9 Å². The van der Waals surface area contributed by atoms with Gasteiger partial charge in [-0.2, -0.15) is 0 Å². The monoisotopic (exact) mass is 219 g/mol. The van der Waals surface area contributed by atoms with Crippen molar-refractivity contribution >= 4 is 0 Å². The number of aromatic amines is 1. The fourth-order valence-electron chi connectivity index (χ4n) is 3.01. The van der Waals surface area contributed by atoms with E-state index in [0.29, 0.717) is 5.92 Å². The van der Waals surface area contributed by atoms with Crippen molar-refractivity contribution in [1.29, 1.82) is 0 Å². The third-order valence-electron chi connectivity index (χ3n) is 4.41. The lowest BCUT2D eigenvalue weighted by Crippen LogP contribution is -2.21. The smallest absolute Gasteiger partial charge is 0.114 e. The van der Waals surface area contributed by atoms with Crippen LogP contribution in [-0.4, -0.2) is 16.5 Å². The van der Waals surface area contributed by atoms with Gasteiger partial charge in [-0.1, -0.05) is 12.8 Å². The number of nitrogens with zero attached hydrogens (tertiary/aromatic N) is 1. The molecule has 3 nitrogen and oxygen atoms in total. The maximum absolute atomic E-state index is 5.85. The molecule has 0 spiro atoms. The Hall–Kier alpha value is -0.830. The van der Waals surface area contributed by atoms with E-state index in [1.54, 1.807) is 0 Å². The largest absolute Gasteiger partial charge is 0.345 e. The van der Waals surface area contributed by atoms with Crippen LogP contribution < -0.4 is 5.73 Å². The quantitative estimate of drug-likeness (QED) is 0.820. The fourth-order valence-corrected chi connectivity index (χ4v) is 3.01. The number of aryl methyl sites for hydroxylation is 1. The number of imidazole rings is 1. The second-order valence-electron chi connectivity index (χ2n) is 5.56. The summed E-state index contributed by atoms with van der Waals surface area (Å²) < 4.78 is 0. The number of nitrogens with two attached hydrogens (primary N) is 1. The molecular weight excluding hydrogens is 198 g/mol. The van der Waals surface area contributed by atoms with E-state index in [1.807, 2.05) is 0 Å². The predicted octanol–water partition coefficient (Wildman–Crippen LogP) is 2.37. The van der Waals surface area contributed by atoms with Crippen molar-refractivity contribution in [3.63, 3.8) is 0 Å². The highest BCUT2D eigenvalue weighted by Gasteiger charge is 2.46. The van der Waals surface area contributed by atoms with Gasteiger partial charge in [0.1, 0.15) is 5.82 Å². The van der Waals surface area contributed by atoms with Crippen LogP contribution >= 0.6 is 0 Å². The lowest BCUT2D eigenvalue weighted by atomic mass is 10.0. The van der Waals surface area contributed by atoms with Crippen molar-refractivity contribution in [3.8, 4) is 0 Å². The number of H-pyrrole nitrogens is 1. The molecule has 1 aromatic rings. The Morgan fingerprint density at radius 2 is 2.06 bits per heavy atom. The molecule has 3 heteroatoms. The molecule has 2 aliphatic rings. The van der Waals surface area contributed by atoms with Crippen LogP contribution in [0.5, 0.6) is 0 Å². The van der Waals surface area contributed by atoms with Gasteiger partial charge in [0.2, 0.25) is 0 Å². The van der Waals surface area contributed by atoms with Crippen LogP contribution in [0.25, 0.3) is 0 Å². The highest BCUT2D eigenvalue weighted by atomic mass is 15.0. The summed E-state index contributed by atoms with van der Waals surface area (Å²) in [6.45, 7) is 2.90. The SMILES string of the molecule is Cc1[nH]c(C2(CN)CC2)nc1C1CCCC1. The van der Waals surface area contributed by atoms with E-state index in [9.17, 15) is 0 Å². The minimum absolute atomic E-state index is 0.210. The number of aromatic nitrogens is 2. The van der Waals surface area contributed by atoms with E-state index < -0.39 is 0 Å². The number of hydrogen-bond acceptors (Lipinski definition) is 2. The first-order chi connectivity index (χ1) is 7.75. The lowest BCUT2D eigenvalue weighted by molar-refractivity contribution is 0.645. The topological polar surface area (TPSA) is 54.7 Å². The van der Waals surface area contributed by atoms with Gasteiger partial charge in [-0.05, 0) is 32.6 Å². The first-order valence-electron chi connectivity index (χ1n) is 6.52. The third kappa shape index (κ3) is 1.49. The third-order valence-corrected chi connectivity index (χ3v) is 4.41. The van der Waals surface area contributed by atoms with Crippen molar-refractivity contribution in [2.45, 2.75) is 56.8 Å². The molecule has 0 saturated heterocycles. The minimum Gasteiger partial charge on any atom is -0.345 e. The summed E-state index contributed by atoms with van der Waals surface area (Å²) in [6.07, 6.45) is 7.80. The summed E-state index contributed by atoms with van der Waals surface area (Å²) in [5, 5.41) is 0. The molecule has 1 heterocycles. The van der Waals surface area contributed by atoms with Crippen molar-refractivity contribution in [2.24, 2.45) is 5.73 Å². The van der Waals surface area contributed by atoms with Crippen molar-refractivity contribution in [1.82, 2.24) is 9.97 Å². The minimum atomic E-state index is 0.210. The Bertz CT molecular complexity index is 384. The number of hydrogen-bond donors (Lipinski definition) is 2. The Kier molecular flexibility index (Phi) is 2.32. The highest BCUT2D eigenvalue weighted by molar-refractivity contribution is 5.27. The Balaban J connectivity index is 1.89. The second-order valence-corrected chi connectivity index (χ2v) is 5.56. The maximum Gasteiger partial charge on any atom is 0.114 e. The van der Waals surface area contributed by atoms with Crippen molar-refractivity contribution in [2.75, 3.05) is 6.54 Å². The Morgan fingerprint density at radius 3 is 2.62 bits per heavy atom. The van der Waals surface area contributed by atoms with Gasteiger partial charge in [0.25, 0.3) is 0 Å². The normalized spacial score (nSPS) is 23.9. The molecule has 88 valence electrons. The van der Waals surface area contributed by atoms with Crippen LogP contribution in [0.4, 0.5) is 0 Å². The summed E-state index contributed by atoms with van der Waals surface area (Å²) in [4.78, 5) is 8.35.